The zero-order valence-corrected chi connectivity index (χ0v) is 10.9. The summed E-state index contributed by atoms with van der Waals surface area (Å²) in [5.41, 5.74) is 3.74. The monoisotopic (exact) mass is 279 g/mol. The average molecular weight is 279 g/mol. The number of hydrogen-bond acceptors (Lipinski definition) is 4. The van der Waals surface area contributed by atoms with Gasteiger partial charge < -0.3 is 4.74 Å². The molecule has 1 aromatic carbocycles. The summed E-state index contributed by atoms with van der Waals surface area (Å²) in [6, 6.07) is 4.85. The average Bonchev–Trinajstić information content (AvgIpc) is 2.46. The zero-order chi connectivity index (χ0) is 14.5. The first kappa shape index (κ1) is 14.4. The summed E-state index contributed by atoms with van der Waals surface area (Å²) >= 11 is 0. The Balaban J connectivity index is 2.29. The molecular weight excluding hydrogens is 264 g/mol. The van der Waals surface area contributed by atoms with Crippen LogP contribution < -0.4 is 16.0 Å². The maximum absolute atomic E-state index is 13.7. The third-order valence-corrected chi connectivity index (χ3v) is 3.05. The first-order chi connectivity index (χ1) is 9.65. The molecule has 0 spiro atoms. The second-order valence-corrected chi connectivity index (χ2v) is 4.28. The molecule has 20 heavy (non-hydrogen) atoms. The lowest BCUT2D eigenvalue weighted by atomic mass is 9.99. The second kappa shape index (κ2) is 6.40. The molecule has 0 saturated carbocycles. The number of hydrazine groups is 1. The fraction of sp³-hybridized carbons (Fsp3) is 0.214. The molecular formula is C14H15F2N3O. The third kappa shape index (κ3) is 3.09. The van der Waals surface area contributed by atoms with Crippen molar-refractivity contribution in [3.63, 3.8) is 0 Å². The van der Waals surface area contributed by atoms with Crippen LogP contribution in [0.2, 0.25) is 0 Å². The number of nitrogens with two attached hydrogens (primary N) is 1. The van der Waals surface area contributed by atoms with E-state index in [1.807, 2.05) is 0 Å². The smallest absolute Gasteiger partial charge is 0.141 e. The van der Waals surface area contributed by atoms with Gasteiger partial charge in [0.05, 0.1) is 19.3 Å². The summed E-state index contributed by atoms with van der Waals surface area (Å²) < 4.78 is 31.8. The van der Waals surface area contributed by atoms with E-state index in [-0.39, 0.29) is 12.5 Å². The van der Waals surface area contributed by atoms with Crippen molar-refractivity contribution in [2.45, 2.75) is 12.5 Å². The Bertz CT molecular complexity index is 592. The lowest BCUT2D eigenvalue weighted by Gasteiger charge is -2.19. The highest BCUT2D eigenvalue weighted by Crippen LogP contribution is 2.26. The lowest BCUT2D eigenvalue weighted by Crippen LogP contribution is -2.30. The first-order valence-corrected chi connectivity index (χ1v) is 6.03. The number of aromatic nitrogens is 1. The molecule has 0 bridgehead atoms. The van der Waals surface area contributed by atoms with Crippen LogP contribution in [0, 0.1) is 11.6 Å². The Morgan fingerprint density at radius 2 is 2.15 bits per heavy atom. The molecule has 1 unspecified atom stereocenters. The molecule has 0 radical (unpaired) electrons. The minimum atomic E-state index is -0.606. The van der Waals surface area contributed by atoms with E-state index in [1.54, 1.807) is 18.5 Å². The van der Waals surface area contributed by atoms with Gasteiger partial charge in [-0.25, -0.2) is 8.78 Å². The number of halogens is 2. The van der Waals surface area contributed by atoms with Gasteiger partial charge in [0.15, 0.2) is 0 Å². The van der Waals surface area contributed by atoms with Crippen LogP contribution >= 0.6 is 0 Å². The molecule has 1 heterocycles. The Hall–Kier alpha value is -2.05. The van der Waals surface area contributed by atoms with Crippen LogP contribution in [-0.4, -0.2) is 12.1 Å². The summed E-state index contributed by atoms with van der Waals surface area (Å²) in [6.07, 6.45) is 3.42. The van der Waals surface area contributed by atoms with Gasteiger partial charge in [-0.3, -0.25) is 16.3 Å². The number of hydrogen-bond donors (Lipinski definition) is 2. The van der Waals surface area contributed by atoms with E-state index in [9.17, 15) is 8.78 Å². The van der Waals surface area contributed by atoms with Crippen LogP contribution in [0.4, 0.5) is 8.78 Å². The van der Waals surface area contributed by atoms with Crippen molar-refractivity contribution in [2.75, 3.05) is 7.11 Å². The number of rotatable bonds is 5. The molecule has 3 N–H and O–H groups in total. The van der Waals surface area contributed by atoms with E-state index in [4.69, 9.17) is 10.6 Å². The van der Waals surface area contributed by atoms with Crippen LogP contribution in [0.15, 0.2) is 36.7 Å². The van der Waals surface area contributed by atoms with Gasteiger partial charge in [-0.1, -0.05) is 6.07 Å². The molecule has 0 fully saturated rings. The van der Waals surface area contributed by atoms with Crippen molar-refractivity contribution < 1.29 is 13.5 Å². The molecule has 6 heteroatoms. The molecule has 1 atom stereocenters. The standard InChI is InChI=1S/C14H15F2N3O/c1-20-14-8-18-5-4-11(14)13(19-17)6-9-2-3-10(15)7-12(9)16/h2-5,7-8,13,19H,6,17H2,1H3. The number of nitrogens with one attached hydrogen (secondary N) is 1. The topological polar surface area (TPSA) is 60.2 Å². The number of nitrogens with zero attached hydrogens (tertiary/aromatic N) is 1. The van der Waals surface area contributed by atoms with Crippen molar-refractivity contribution in [2.24, 2.45) is 5.84 Å². The number of pyridine rings is 1. The van der Waals surface area contributed by atoms with Crippen LogP contribution in [0.25, 0.3) is 0 Å². The molecule has 0 saturated heterocycles. The van der Waals surface area contributed by atoms with Gasteiger partial charge in [-0.05, 0) is 24.1 Å². The van der Waals surface area contributed by atoms with E-state index < -0.39 is 11.6 Å². The Labute approximate surface area is 115 Å². The van der Waals surface area contributed by atoms with Crippen LogP contribution in [-0.2, 0) is 6.42 Å². The molecule has 106 valence electrons. The highest BCUT2D eigenvalue weighted by atomic mass is 19.1. The summed E-state index contributed by atoms with van der Waals surface area (Å²) in [5, 5.41) is 0. The maximum atomic E-state index is 13.7. The van der Waals surface area contributed by atoms with Gasteiger partial charge in [0.25, 0.3) is 0 Å². The molecule has 4 nitrogen and oxygen atoms in total. The predicted molar refractivity (Wildman–Crippen MR) is 70.9 cm³/mol. The molecule has 2 aromatic rings. The van der Waals surface area contributed by atoms with E-state index in [0.717, 1.165) is 11.6 Å². The summed E-state index contributed by atoms with van der Waals surface area (Å²) in [7, 11) is 1.52. The van der Waals surface area contributed by atoms with Crippen molar-refractivity contribution in [3.8, 4) is 5.75 Å². The van der Waals surface area contributed by atoms with Gasteiger partial charge >= 0.3 is 0 Å². The largest absolute Gasteiger partial charge is 0.495 e. The van der Waals surface area contributed by atoms with Crippen molar-refractivity contribution in [1.82, 2.24) is 10.4 Å². The highest BCUT2D eigenvalue weighted by Gasteiger charge is 2.17. The van der Waals surface area contributed by atoms with Crippen molar-refractivity contribution >= 4 is 0 Å². The zero-order valence-electron chi connectivity index (χ0n) is 10.9. The van der Waals surface area contributed by atoms with E-state index in [1.165, 1.54) is 19.2 Å². The van der Waals surface area contributed by atoms with Crippen LogP contribution in [0.1, 0.15) is 17.2 Å². The summed E-state index contributed by atoms with van der Waals surface area (Å²) in [4.78, 5) is 3.95. The van der Waals surface area contributed by atoms with Gasteiger partial charge in [0, 0.05) is 17.8 Å². The molecule has 0 amide bonds. The van der Waals surface area contributed by atoms with E-state index >= 15 is 0 Å². The molecule has 0 aliphatic carbocycles. The maximum Gasteiger partial charge on any atom is 0.141 e. The quantitative estimate of drug-likeness (QED) is 0.650. The Morgan fingerprint density at radius 3 is 2.80 bits per heavy atom. The van der Waals surface area contributed by atoms with Gasteiger partial charge in [0.1, 0.15) is 17.4 Å². The predicted octanol–water partition coefficient (Wildman–Crippen LogP) is 2.12. The van der Waals surface area contributed by atoms with E-state index in [2.05, 4.69) is 10.4 Å². The first-order valence-electron chi connectivity index (χ1n) is 6.03. The lowest BCUT2D eigenvalue weighted by molar-refractivity contribution is 0.396. The summed E-state index contributed by atoms with van der Waals surface area (Å²) in [5.74, 6) is 4.88. The fourth-order valence-electron chi connectivity index (χ4n) is 2.01. The second-order valence-electron chi connectivity index (χ2n) is 4.28. The van der Waals surface area contributed by atoms with Crippen molar-refractivity contribution in [1.29, 1.82) is 0 Å². The normalized spacial score (nSPS) is 12.2. The molecule has 1 aromatic heterocycles. The van der Waals surface area contributed by atoms with Crippen molar-refractivity contribution in [3.05, 3.63) is 59.4 Å². The minimum Gasteiger partial charge on any atom is -0.495 e. The van der Waals surface area contributed by atoms with Gasteiger partial charge in [-0.2, -0.15) is 0 Å². The van der Waals surface area contributed by atoms with Crippen LogP contribution in [0.3, 0.4) is 0 Å². The third-order valence-electron chi connectivity index (χ3n) is 3.05. The number of methoxy groups -OCH3 is 1. The van der Waals surface area contributed by atoms with E-state index in [0.29, 0.717) is 11.3 Å². The molecule has 2 rings (SSSR count). The minimum absolute atomic E-state index is 0.267. The Morgan fingerprint density at radius 1 is 1.35 bits per heavy atom. The Kier molecular flexibility index (Phi) is 4.60. The molecule has 0 aliphatic heterocycles. The highest BCUT2D eigenvalue weighted by molar-refractivity contribution is 5.34. The summed E-state index contributed by atoms with van der Waals surface area (Å²) in [6.45, 7) is 0. The number of ether oxygens (including phenoxy) is 1. The fourth-order valence-corrected chi connectivity index (χ4v) is 2.01. The van der Waals surface area contributed by atoms with Gasteiger partial charge in [0.2, 0.25) is 0 Å². The van der Waals surface area contributed by atoms with Gasteiger partial charge in [-0.15, -0.1) is 0 Å². The molecule has 0 aliphatic rings. The SMILES string of the molecule is COc1cnccc1C(Cc1ccc(F)cc1F)NN. The number of benzene rings is 1. The van der Waals surface area contributed by atoms with Crippen LogP contribution in [0.5, 0.6) is 5.75 Å².